The average Bonchev–Trinajstić information content (AvgIpc) is 2.34. The van der Waals surface area contributed by atoms with Gasteiger partial charge in [-0.3, -0.25) is 4.79 Å². The molecule has 0 bridgehead atoms. The Bertz CT molecular complexity index is 623. The summed E-state index contributed by atoms with van der Waals surface area (Å²) in [5, 5.41) is 8.81. The van der Waals surface area contributed by atoms with E-state index in [1.54, 1.807) is 6.20 Å². The first-order valence-electron chi connectivity index (χ1n) is 5.14. The SMILES string of the molecule is N#Cc1cc(N)cn(Cc2ccccc2)c1=O. The van der Waals surface area contributed by atoms with Crippen molar-refractivity contribution in [3.63, 3.8) is 0 Å². The number of aromatic nitrogens is 1. The largest absolute Gasteiger partial charge is 0.398 e. The molecule has 0 saturated heterocycles. The third-order valence-electron chi connectivity index (χ3n) is 2.42. The Hall–Kier alpha value is -2.54. The highest BCUT2D eigenvalue weighted by Gasteiger charge is 2.05. The third kappa shape index (κ3) is 2.34. The van der Waals surface area contributed by atoms with Crippen LogP contribution in [0.1, 0.15) is 11.1 Å². The number of nitriles is 1. The van der Waals surface area contributed by atoms with Crippen LogP contribution in [0.15, 0.2) is 47.4 Å². The van der Waals surface area contributed by atoms with Gasteiger partial charge in [-0.15, -0.1) is 0 Å². The summed E-state index contributed by atoms with van der Waals surface area (Å²) in [6.07, 6.45) is 1.55. The van der Waals surface area contributed by atoms with Crippen molar-refractivity contribution in [1.29, 1.82) is 5.26 Å². The number of nitrogens with two attached hydrogens (primary N) is 1. The smallest absolute Gasteiger partial charge is 0.268 e. The molecule has 2 aromatic rings. The Morgan fingerprint density at radius 1 is 1.29 bits per heavy atom. The number of nitrogens with zero attached hydrogens (tertiary/aromatic N) is 2. The maximum Gasteiger partial charge on any atom is 0.268 e. The minimum absolute atomic E-state index is 0.0703. The number of hydrogen-bond donors (Lipinski definition) is 1. The number of hydrogen-bond acceptors (Lipinski definition) is 3. The number of benzene rings is 1. The van der Waals surface area contributed by atoms with E-state index in [9.17, 15) is 4.79 Å². The molecule has 0 aliphatic heterocycles. The molecule has 1 heterocycles. The predicted molar refractivity (Wildman–Crippen MR) is 65.4 cm³/mol. The summed E-state index contributed by atoms with van der Waals surface area (Å²) < 4.78 is 1.45. The normalized spacial score (nSPS) is 9.82. The van der Waals surface area contributed by atoms with Crippen LogP contribution < -0.4 is 11.3 Å². The summed E-state index contributed by atoms with van der Waals surface area (Å²) in [6, 6.07) is 12.8. The van der Waals surface area contributed by atoms with Crippen LogP contribution in [0.2, 0.25) is 0 Å². The average molecular weight is 225 g/mol. The zero-order chi connectivity index (χ0) is 12.3. The number of anilines is 1. The van der Waals surface area contributed by atoms with E-state index in [1.807, 2.05) is 36.4 Å². The van der Waals surface area contributed by atoms with Crippen molar-refractivity contribution >= 4 is 5.69 Å². The fraction of sp³-hybridized carbons (Fsp3) is 0.0769. The van der Waals surface area contributed by atoms with Crippen LogP contribution in [0, 0.1) is 11.3 Å². The van der Waals surface area contributed by atoms with E-state index < -0.39 is 0 Å². The lowest BCUT2D eigenvalue weighted by Crippen LogP contribution is -2.23. The first-order chi connectivity index (χ1) is 8.20. The highest BCUT2D eigenvalue weighted by Crippen LogP contribution is 2.05. The molecule has 0 saturated carbocycles. The molecule has 0 aliphatic carbocycles. The Morgan fingerprint density at radius 3 is 2.65 bits per heavy atom. The Balaban J connectivity index is 2.44. The molecule has 0 atom stereocenters. The minimum atomic E-state index is -0.314. The minimum Gasteiger partial charge on any atom is -0.398 e. The van der Waals surface area contributed by atoms with Crippen molar-refractivity contribution in [2.75, 3.05) is 5.73 Å². The van der Waals surface area contributed by atoms with E-state index in [0.717, 1.165) is 5.56 Å². The van der Waals surface area contributed by atoms with E-state index in [4.69, 9.17) is 11.0 Å². The van der Waals surface area contributed by atoms with E-state index in [0.29, 0.717) is 12.2 Å². The highest BCUT2D eigenvalue weighted by molar-refractivity contribution is 5.42. The van der Waals surface area contributed by atoms with Crippen LogP contribution in [0.5, 0.6) is 0 Å². The topological polar surface area (TPSA) is 71.8 Å². The zero-order valence-corrected chi connectivity index (χ0v) is 9.13. The Kier molecular flexibility index (Phi) is 2.93. The molecule has 1 aromatic carbocycles. The van der Waals surface area contributed by atoms with Gasteiger partial charge in [0.1, 0.15) is 11.6 Å². The van der Waals surface area contributed by atoms with Crippen LogP contribution >= 0.6 is 0 Å². The first kappa shape index (κ1) is 11.0. The van der Waals surface area contributed by atoms with Crippen LogP contribution in [0.3, 0.4) is 0 Å². The number of rotatable bonds is 2. The van der Waals surface area contributed by atoms with E-state index in [2.05, 4.69) is 0 Å². The Morgan fingerprint density at radius 2 is 2.00 bits per heavy atom. The summed E-state index contributed by atoms with van der Waals surface area (Å²) in [7, 11) is 0. The van der Waals surface area contributed by atoms with Crippen molar-refractivity contribution in [2.24, 2.45) is 0 Å². The van der Waals surface area contributed by atoms with Gasteiger partial charge < -0.3 is 10.3 Å². The molecule has 0 unspecified atom stereocenters. The van der Waals surface area contributed by atoms with E-state index >= 15 is 0 Å². The highest BCUT2D eigenvalue weighted by atomic mass is 16.1. The van der Waals surface area contributed by atoms with Crippen LogP contribution in [-0.4, -0.2) is 4.57 Å². The van der Waals surface area contributed by atoms with Gasteiger partial charge in [-0.25, -0.2) is 0 Å². The van der Waals surface area contributed by atoms with Gasteiger partial charge in [0.05, 0.1) is 6.54 Å². The fourth-order valence-corrected chi connectivity index (χ4v) is 1.64. The molecule has 0 spiro atoms. The standard InChI is InChI=1S/C13H11N3O/c14-7-11-6-12(15)9-16(13(11)17)8-10-4-2-1-3-5-10/h1-6,9H,8,15H2. The van der Waals surface area contributed by atoms with Crippen molar-refractivity contribution in [3.05, 3.63) is 64.1 Å². The Labute approximate surface area is 98.5 Å². The second-order valence-corrected chi connectivity index (χ2v) is 3.72. The molecule has 0 radical (unpaired) electrons. The van der Waals surface area contributed by atoms with Crippen LogP contribution in [0.4, 0.5) is 5.69 Å². The molecule has 0 aliphatic rings. The van der Waals surface area contributed by atoms with Gasteiger partial charge in [-0.1, -0.05) is 30.3 Å². The summed E-state index contributed by atoms with van der Waals surface area (Å²) in [5.74, 6) is 0. The maximum absolute atomic E-state index is 11.8. The lowest BCUT2D eigenvalue weighted by atomic mass is 10.2. The number of nitrogen functional groups attached to an aromatic ring is 1. The zero-order valence-electron chi connectivity index (χ0n) is 9.13. The van der Waals surface area contributed by atoms with Gasteiger partial charge in [-0.05, 0) is 11.6 Å². The lowest BCUT2D eigenvalue weighted by molar-refractivity contribution is 0.759. The second-order valence-electron chi connectivity index (χ2n) is 3.72. The molecular weight excluding hydrogens is 214 g/mol. The lowest BCUT2D eigenvalue weighted by Gasteiger charge is -2.07. The van der Waals surface area contributed by atoms with Crippen molar-refractivity contribution in [2.45, 2.75) is 6.54 Å². The maximum atomic E-state index is 11.8. The molecule has 1 aromatic heterocycles. The van der Waals surface area contributed by atoms with Gasteiger partial charge in [-0.2, -0.15) is 5.26 Å². The molecule has 4 nitrogen and oxygen atoms in total. The second kappa shape index (κ2) is 4.54. The van der Waals surface area contributed by atoms with Crippen LogP contribution in [-0.2, 0) is 6.54 Å². The predicted octanol–water partition coefficient (Wildman–Crippen LogP) is 1.35. The fourth-order valence-electron chi connectivity index (χ4n) is 1.64. The van der Waals surface area contributed by atoms with E-state index in [-0.39, 0.29) is 11.1 Å². The van der Waals surface area contributed by atoms with Crippen molar-refractivity contribution in [3.8, 4) is 6.07 Å². The molecule has 84 valence electrons. The molecule has 2 N–H and O–H groups in total. The van der Waals surface area contributed by atoms with Gasteiger partial charge in [0.2, 0.25) is 0 Å². The quantitative estimate of drug-likeness (QED) is 0.838. The summed E-state index contributed by atoms with van der Waals surface area (Å²) in [5.41, 5.74) is 6.81. The van der Waals surface area contributed by atoms with Gasteiger partial charge >= 0.3 is 0 Å². The molecule has 0 amide bonds. The molecule has 17 heavy (non-hydrogen) atoms. The van der Waals surface area contributed by atoms with Gasteiger partial charge in [0.25, 0.3) is 5.56 Å². The summed E-state index contributed by atoms with van der Waals surface area (Å²) in [6.45, 7) is 0.416. The third-order valence-corrected chi connectivity index (χ3v) is 2.42. The first-order valence-corrected chi connectivity index (χ1v) is 5.14. The summed E-state index contributed by atoms with van der Waals surface area (Å²) in [4.78, 5) is 11.8. The summed E-state index contributed by atoms with van der Waals surface area (Å²) >= 11 is 0. The number of pyridine rings is 1. The molecule has 2 rings (SSSR count). The van der Waals surface area contributed by atoms with Crippen molar-refractivity contribution < 1.29 is 0 Å². The van der Waals surface area contributed by atoms with Crippen molar-refractivity contribution in [1.82, 2.24) is 4.57 Å². The van der Waals surface area contributed by atoms with Gasteiger partial charge in [0.15, 0.2) is 0 Å². The van der Waals surface area contributed by atoms with Gasteiger partial charge in [0, 0.05) is 11.9 Å². The molecule has 0 fully saturated rings. The molecular formula is C13H11N3O. The van der Waals surface area contributed by atoms with Crippen LogP contribution in [0.25, 0.3) is 0 Å². The monoisotopic (exact) mass is 225 g/mol. The molecule has 4 heteroatoms. The van der Waals surface area contributed by atoms with E-state index in [1.165, 1.54) is 10.6 Å².